The van der Waals surface area contributed by atoms with E-state index in [4.69, 9.17) is 10.00 Å². The van der Waals surface area contributed by atoms with Gasteiger partial charge in [0.2, 0.25) is 5.69 Å². The van der Waals surface area contributed by atoms with Crippen molar-refractivity contribution in [2.24, 2.45) is 0 Å². The average Bonchev–Trinajstić information content (AvgIpc) is 2.39. The fourth-order valence-corrected chi connectivity index (χ4v) is 2.04. The van der Waals surface area contributed by atoms with Gasteiger partial charge in [0.1, 0.15) is 12.2 Å². The molecule has 1 unspecified atom stereocenters. The number of likely N-dealkylation sites (N-methyl/N-ethyl adjacent to an activating group) is 1. The summed E-state index contributed by atoms with van der Waals surface area (Å²) in [4.78, 5) is 10.4. The van der Waals surface area contributed by atoms with E-state index in [1.807, 2.05) is 6.07 Å². The third-order valence-electron chi connectivity index (χ3n) is 2.96. The molecule has 0 aromatic carbocycles. The van der Waals surface area contributed by atoms with Crippen LogP contribution in [0.2, 0.25) is 0 Å². The lowest BCUT2D eigenvalue weighted by Gasteiger charge is -2.31. The first-order valence-electron chi connectivity index (χ1n) is 5.93. The Morgan fingerprint density at radius 3 is 3.12 bits per heavy atom. The van der Waals surface area contributed by atoms with Gasteiger partial charge in [-0.2, -0.15) is 5.26 Å². The largest absolute Gasteiger partial charge is 0.471 e. The van der Waals surface area contributed by atoms with Crippen LogP contribution in [0.4, 0.5) is 0 Å². The predicted octanol–water partition coefficient (Wildman–Crippen LogP) is 1.21. The van der Waals surface area contributed by atoms with Crippen molar-refractivity contribution < 1.29 is 4.74 Å². The van der Waals surface area contributed by atoms with Crippen molar-refractivity contribution in [3.8, 4) is 11.9 Å². The highest BCUT2D eigenvalue weighted by Crippen LogP contribution is 2.18. The molecule has 2 rings (SSSR count). The maximum Gasteiger partial charge on any atom is 0.251 e. The maximum atomic E-state index is 8.90. The number of rotatable bonds is 3. The number of likely N-dealkylation sites (tertiary alicyclic amines) is 1. The summed E-state index contributed by atoms with van der Waals surface area (Å²) in [5.41, 5.74) is 0.265. The van der Waals surface area contributed by atoms with Crippen molar-refractivity contribution in [2.45, 2.75) is 25.9 Å². The van der Waals surface area contributed by atoms with Crippen LogP contribution in [0.25, 0.3) is 0 Å². The molecule has 5 heteroatoms. The van der Waals surface area contributed by atoms with Crippen LogP contribution in [0, 0.1) is 11.3 Å². The van der Waals surface area contributed by atoms with E-state index in [1.165, 1.54) is 6.20 Å². The van der Waals surface area contributed by atoms with Crippen molar-refractivity contribution >= 4 is 0 Å². The minimum Gasteiger partial charge on any atom is -0.471 e. The Balaban J connectivity index is 2.03. The van der Waals surface area contributed by atoms with E-state index >= 15 is 0 Å². The Kier molecular flexibility index (Phi) is 3.89. The molecule has 0 amide bonds. The second-order valence-electron chi connectivity index (χ2n) is 4.10. The Morgan fingerprint density at radius 1 is 1.53 bits per heavy atom. The highest BCUT2D eigenvalue weighted by atomic mass is 16.5. The molecule has 0 spiro atoms. The molecule has 2 heterocycles. The number of hydrogen-bond acceptors (Lipinski definition) is 5. The van der Waals surface area contributed by atoms with Crippen LogP contribution in [-0.4, -0.2) is 40.6 Å². The van der Waals surface area contributed by atoms with E-state index in [2.05, 4.69) is 21.8 Å². The van der Waals surface area contributed by atoms with Crippen LogP contribution in [-0.2, 0) is 0 Å². The molecule has 1 saturated heterocycles. The van der Waals surface area contributed by atoms with Gasteiger partial charge in [-0.3, -0.25) is 4.90 Å². The van der Waals surface area contributed by atoms with Gasteiger partial charge in [0.25, 0.3) is 5.88 Å². The first kappa shape index (κ1) is 11.8. The predicted molar refractivity (Wildman–Crippen MR) is 62.5 cm³/mol. The standard InChI is InChI=1S/C12H16N4O/c1-2-16-7-3-4-10(9-16)17-12-11(8-13)14-5-6-15-12/h5-6,10H,2-4,7,9H2,1H3. The van der Waals surface area contributed by atoms with Gasteiger partial charge in [-0.15, -0.1) is 0 Å². The summed E-state index contributed by atoms with van der Waals surface area (Å²) in [7, 11) is 0. The first-order valence-corrected chi connectivity index (χ1v) is 5.93. The van der Waals surface area contributed by atoms with E-state index in [-0.39, 0.29) is 11.8 Å². The molecule has 1 aliphatic heterocycles. The third kappa shape index (κ3) is 2.92. The van der Waals surface area contributed by atoms with Gasteiger partial charge >= 0.3 is 0 Å². The summed E-state index contributed by atoms with van der Waals surface area (Å²) in [5, 5.41) is 8.90. The van der Waals surface area contributed by atoms with Crippen molar-refractivity contribution in [1.29, 1.82) is 5.26 Å². The fourth-order valence-electron chi connectivity index (χ4n) is 2.04. The second-order valence-corrected chi connectivity index (χ2v) is 4.10. The molecule has 0 aliphatic carbocycles. The molecule has 1 atom stereocenters. The average molecular weight is 232 g/mol. The molecule has 0 N–H and O–H groups in total. The topological polar surface area (TPSA) is 62.0 Å². The van der Waals surface area contributed by atoms with Gasteiger partial charge in [0.15, 0.2) is 0 Å². The lowest BCUT2D eigenvalue weighted by Crippen LogP contribution is -2.41. The zero-order valence-corrected chi connectivity index (χ0v) is 9.96. The third-order valence-corrected chi connectivity index (χ3v) is 2.96. The quantitative estimate of drug-likeness (QED) is 0.784. The number of nitriles is 1. The van der Waals surface area contributed by atoms with Crippen LogP contribution in [0.1, 0.15) is 25.5 Å². The number of hydrogen-bond donors (Lipinski definition) is 0. The van der Waals surface area contributed by atoms with Crippen LogP contribution in [0.3, 0.4) is 0 Å². The molecule has 1 aliphatic rings. The molecule has 1 aromatic heterocycles. The molecule has 0 radical (unpaired) electrons. The molecule has 1 fully saturated rings. The summed E-state index contributed by atoms with van der Waals surface area (Å²) in [6.07, 6.45) is 5.31. The van der Waals surface area contributed by atoms with Gasteiger partial charge < -0.3 is 4.74 Å². The SMILES string of the molecule is CCN1CCCC(Oc2nccnc2C#N)C1. The molecular formula is C12H16N4O. The number of nitrogens with zero attached hydrogens (tertiary/aromatic N) is 4. The van der Waals surface area contributed by atoms with Crippen molar-refractivity contribution in [1.82, 2.24) is 14.9 Å². The fraction of sp³-hybridized carbons (Fsp3) is 0.583. The van der Waals surface area contributed by atoms with Crippen molar-refractivity contribution in [3.63, 3.8) is 0 Å². The lowest BCUT2D eigenvalue weighted by atomic mass is 10.1. The van der Waals surface area contributed by atoms with E-state index in [1.54, 1.807) is 6.20 Å². The highest BCUT2D eigenvalue weighted by Gasteiger charge is 2.21. The minimum absolute atomic E-state index is 0.118. The zero-order chi connectivity index (χ0) is 12.1. The van der Waals surface area contributed by atoms with Gasteiger partial charge in [-0.1, -0.05) is 6.92 Å². The molecule has 17 heavy (non-hydrogen) atoms. The van der Waals surface area contributed by atoms with Crippen LogP contribution < -0.4 is 4.74 Å². The van der Waals surface area contributed by atoms with Crippen LogP contribution >= 0.6 is 0 Å². The van der Waals surface area contributed by atoms with Crippen LogP contribution in [0.15, 0.2) is 12.4 Å². The molecule has 90 valence electrons. The maximum absolute atomic E-state index is 8.90. The minimum atomic E-state index is 0.118. The monoisotopic (exact) mass is 232 g/mol. The summed E-state index contributed by atoms with van der Waals surface area (Å²) >= 11 is 0. The van der Waals surface area contributed by atoms with E-state index in [9.17, 15) is 0 Å². The van der Waals surface area contributed by atoms with Gasteiger partial charge in [0, 0.05) is 18.9 Å². The Labute approximate surface area is 101 Å². The zero-order valence-electron chi connectivity index (χ0n) is 9.96. The van der Waals surface area contributed by atoms with Crippen molar-refractivity contribution in [3.05, 3.63) is 18.1 Å². The second kappa shape index (κ2) is 5.60. The molecule has 5 nitrogen and oxygen atoms in total. The summed E-state index contributed by atoms with van der Waals surface area (Å²) < 4.78 is 5.77. The van der Waals surface area contributed by atoms with Crippen LogP contribution in [0.5, 0.6) is 5.88 Å². The molecule has 1 aromatic rings. The number of ether oxygens (including phenoxy) is 1. The highest BCUT2D eigenvalue weighted by molar-refractivity contribution is 5.30. The van der Waals surface area contributed by atoms with Crippen molar-refractivity contribution in [2.75, 3.05) is 19.6 Å². The number of aromatic nitrogens is 2. The van der Waals surface area contributed by atoms with E-state index in [0.29, 0.717) is 5.88 Å². The van der Waals surface area contributed by atoms with Gasteiger partial charge in [0.05, 0.1) is 0 Å². The Bertz CT molecular complexity index is 415. The molecule has 0 bridgehead atoms. The summed E-state index contributed by atoms with van der Waals surface area (Å²) in [5.74, 6) is 0.359. The summed E-state index contributed by atoms with van der Waals surface area (Å²) in [6.45, 7) is 5.21. The molecular weight excluding hydrogens is 216 g/mol. The van der Waals surface area contributed by atoms with E-state index < -0.39 is 0 Å². The van der Waals surface area contributed by atoms with Gasteiger partial charge in [-0.05, 0) is 25.9 Å². The Hall–Kier alpha value is -1.67. The first-order chi connectivity index (χ1) is 8.33. The smallest absolute Gasteiger partial charge is 0.251 e. The van der Waals surface area contributed by atoms with Gasteiger partial charge in [-0.25, -0.2) is 9.97 Å². The lowest BCUT2D eigenvalue weighted by molar-refractivity contribution is 0.0876. The normalized spacial score (nSPS) is 20.8. The number of piperidine rings is 1. The summed E-state index contributed by atoms with van der Waals surface area (Å²) in [6, 6.07) is 2.00. The van der Waals surface area contributed by atoms with E-state index in [0.717, 1.165) is 32.5 Å². The molecule has 0 saturated carbocycles. The Morgan fingerprint density at radius 2 is 2.35 bits per heavy atom.